The molecule has 122 valence electrons. The number of benzene rings is 1. The lowest BCUT2D eigenvalue weighted by molar-refractivity contribution is 0.0224. The summed E-state index contributed by atoms with van der Waals surface area (Å²) in [5.74, 6) is 0. The molecule has 5 nitrogen and oxygen atoms in total. The summed E-state index contributed by atoms with van der Waals surface area (Å²) in [5, 5.41) is 16.4. The van der Waals surface area contributed by atoms with Crippen LogP contribution in [0.15, 0.2) is 24.3 Å². The van der Waals surface area contributed by atoms with Gasteiger partial charge in [-0.05, 0) is 32.8 Å². The molecule has 1 fully saturated rings. The largest absolute Gasteiger partial charge is 0.384 e. The molecule has 1 heterocycles. The van der Waals surface area contributed by atoms with E-state index >= 15 is 0 Å². The maximum Gasteiger partial charge on any atom is 0.315 e. The molecule has 0 saturated carbocycles. The fraction of sp³-hybridized carbons (Fsp3) is 0.562. The minimum Gasteiger partial charge on any atom is -0.384 e. The molecular weight excluding hydrogens is 304 g/mol. The van der Waals surface area contributed by atoms with Gasteiger partial charge in [-0.1, -0.05) is 29.8 Å². The second-order valence-electron chi connectivity index (χ2n) is 6.19. The van der Waals surface area contributed by atoms with Crippen molar-refractivity contribution in [2.75, 3.05) is 19.7 Å². The minimum atomic E-state index is -1.23. The van der Waals surface area contributed by atoms with Crippen molar-refractivity contribution in [3.8, 4) is 0 Å². The zero-order valence-electron chi connectivity index (χ0n) is 13.0. The molecule has 6 heteroatoms. The number of aliphatic hydroxyl groups is 1. The van der Waals surface area contributed by atoms with Crippen LogP contribution < -0.4 is 10.6 Å². The minimum absolute atomic E-state index is 0.0696. The molecule has 1 aromatic carbocycles. The molecule has 1 aliphatic rings. The van der Waals surface area contributed by atoms with Crippen molar-refractivity contribution in [2.24, 2.45) is 0 Å². The van der Waals surface area contributed by atoms with Crippen molar-refractivity contribution in [1.29, 1.82) is 0 Å². The summed E-state index contributed by atoms with van der Waals surface area (Å²) in [6.07, 6.45) is 1.95. The lowest BCUT2D eigenvalue weighted by Gasteiger charge is -2.27. The highest BCUT2D eigenvalue weighted by Crippen LogP contribution is 2.27. The van der Waals surface area contributed by atoms with Gasteiger partial charge in [-0.15, -0.1) is 0 Å². The van der Waals surface area contributed by atoms with Crippen molar-refractivity contribution in [2.45, 2.75) is 37.9 Å². The molecule has 1 saturated heterocycles. The van der Waals surface area contributed by atoms with E-state index in [4.69, 9.17) is 16.3 Å². The second kappa shape index (κ2) is 6.86. The van der Waals surface area contributed by atoms with Crippen LogP contribution in [-0.2, 0) is 10.3 Å². The van der Waals surface area contributed by atoms with Gasteiger partial charge in [0.25, 0.3) is 0 Å². The number of carbonyl (C=O) groups is 1. The van der Waals surface area contributed by atoms with E-state index in [0.29, 0.717) is 17.1 Å². The van der Waals surface area contributed by atoms with Crippen LogP contribution in [0.25, 0.3) is 0 Å². The van der Waals surface area contributed by atoms with E-state index in [2.05, 4.69) is 10.6 Å². The molecule has 0 bridgehead atoms. The van der Waals surface area contributed by atoms with Crippen LogP contribution in [0.4, 0.5) is 4.79 Å². The fourth-order valence-electron chi connectivity index (χ4n) is 2.55. The van der Waals surface area contributed by atoms with Crippen LogP contribution in [0.1, 0.15) is 32.3 Å². The number of ether oxygens (including phenoxy) is 1. The summed E-state index contributed by atoms with van der Waals surface area (Å²) >= 11 is 6.08. The number of rotatable bonds is 5. The number of hydrogen-bond donors (Lipinski definition) is 3. The Labute approximate surface area is 136 Å². The highest BCUT2D eigenvalue weighted by atomic mass is 35.5. The van der Waals surface area contributed by atoms with Gasteiger partial charge < -0.3 is 20.5 Å². The first kappa shape index (κ1) is 17.1. The van der Waals surface area contributed by atoms with Crippen molar-refractivity contribution >= 4 is 17.6 Å². The van der Waals surface area contributed by atoms with Crippen molar-refractivity contribution in [3.05, 3.63) is 34.9 Å². The van der Waals surface area contributed by atoms with E-state index in [1.807, 2.05) is 6.92 Å². The molecule has 2 rings (SSSR count). The van der Waals surface area contributed by atoms with Crippen LogP contribution in [0, 0.1) is 0 Å². The van der Waals surface area contributed by atoms with Gasteiger partial charge in [-0.3, -0.25) is 0 Å². The first-order valence-electron chi connectivity index (χ1n) is 7.45. The summed E-state index contributed by atoms with van der Waals surface area (Å²) in [6.45, 7) is 4.87. The second-order valence-corrected chi connectivity index (χ2v) is 6.60. The summed E-state index contributed by atoms with van der Waals surface area (Å²) in [5.41, 5.74) is -0.936. The van der Waals surface area contributed by atoms with Crippen molar-refractivity contribution in [1.82, 2.24) is 10.6 Å². The Morgan fingerprint density at radius 2 is 2.18 bits per heavy atom. The molecule has 1 aromatic rings. The van der Waals surface area contributed by atoms with E-state index in [9.17, 15) is 9.90 Å². The quantitative estimate of drug-likeness (QED) is 0.778. The Kier molecular flexibility index (Phi) is 5.32. The maximum atomic E-state index is 11.9. The van der Waals surface area contributed by atoms with Gasteiger partial charge in [0, 0.05) is 23.7 Å². The molecule has 3 N–H and O–H groups in total. The normalized spacial score (nSPS) is 23.8. The van der Waals surface area contributed by atoms with Crippen LogP contribution in [0.2, 0.25) is 5.02 Å². The van der Waals surface area contributed by atoms with Gasteiger partial charge in [-0.25, -0.2) is 4.79 Å². The fourth-order valence-corrected chi connectivity index (χ4v) is 2.89. The van der Waals surface area contributed by atoms with Gasteiger partial charge in [0.05, 0.1) is 12.1 Å². The molecule has 0 aliphatic carbocycles. The van der Waals surface area contributed by atoms with E-state index < -0.39 is 5.60 Å². The topological polar surface area (TPSA) is 70.6 Å². The van der Waals surface area contributed by atoms with Gasteiger partial charge in [-0.2, -0.15) is 0 Å². The van der Waals surface area contributed by atoms with E-state index in [0.717, 1.165) is 19.4 Å². The Morgan fingerprint density at radius 3 is 2.82 bits per heavy atom. The molecule has 2 unspecified atom stereocenters. The summed E-state index contributed by atoms with van der Waals surface area (Å²) in [6, 6.07) is 6.72. The summed E-state index contributed by atoms with van der Waals surface area (Å²) < 4.78 is 5.61. The van der Waals surface area contributed by atoms with Crippen LogP contribution in [0.5, 0.6) is 0 Å². The molecule has 0 spiro atoms. The SMILES string of the molecule is CC1(CNC(=O)NCC(C)(O)c2ccccc2Cl)CCCO1. The smallest absolute Gasteiger partial charge is 0.315 e. The maximum absolute atomic E-state index is 11.9. The first-order chi connectivity index (χ1) is 10.3. The van der Waals surface area contributed by atoms with Crippen molar-refractivity contribution < 1.29 is 14.6 Å². The van der Waals surface area contributed by atoms with E-state index in [1.165, 1.54) is 0 Å². The van der Waals surface area contributed by atoms with Gasteiger partial charge in [0.15, 0.2) is 0 Å². The third-order valence-corrected chi connectivity index (χ3v) is 4.30. The number of carbonyl (C=O) groups excluding carboxylic acids is 1. The highest BCUT2D eigenvalue weighted by molar-refractivity contribution is 6.31. The molecule has 1 aliphatic heterocycles. The number of amides is 2. The average molecular weight is 327 g/mol. The molecule has 2 amide bonds. The Morgan fingerprint density at radius 1 is 1.45 bits per heavy atom. The van der Waals surface area contributed by atoms with Gasteiger partial charge in [0.2, 0.25) is 0 Å². The zero-order valence-corrected chi connectivity index (χ0v) is 13.7. The highest BCUT2D eigenvalue weighted by Gasteiger charge is 2.30. The summed E-state index contributed by atoms with van der Waals surface area (Å²) in [4.78, 5) is 11.9. The van der Waals surface area contributed by atoms with Crippen molar-refractivity contribution in [3.63, 3.8) is 0 Å². The summed E-state index contributed by atoms with van der Waals surface area (Å²) in [7, 11) is 0. The lowest BCUT2D eigenvalue weighted by Crippen LogP contribution is -2.47. The van der Waals surface area contributed by atoms with Gasteiger partial charge in [0.1, 0.15) is 5.60 Å². The third kappa shape index (κ3) is 4.35. The first-order valence-corrected chi connectivity index (χ1v) is 7.83. The van der Waals surface area contributed by atoms with Gasteiger partial charge >= 0.3 is 6.03 Å². The van der Waals surface area contributed by atoms with Crippen LogP contribution in [-0.4, -0.2) is 36.4 Å². The number of halogens is 1. The molecule has 0 radical (unpaired) electrons. The molecule has 22 heavy (non-hydrogen) atoms. The Bertz CT molecular complexity index is 528. The predicted molar refractivity (Wildman–Crippen MR) is 86.0 cm³/mol. The van der Waals surface area contributed by atoms with E-state index in [-0.39, 0.29) is 18.2 Å². The molecule has 0 aromatic heterocycles. The predicted octanol–water partition coefficient (Wildman–Crippen LogP) is 2.42. The number of nitrogens with one attached hydrogen (secondary N) is 2. The Hall–Kier alpha value is -1.30. The molecule has 2 atom stereocenters. The number of urea groups is 1. The average Bonchev–Trinajstić information content (AvgIpc) is 2.91. The number of hydrogen-bond acceptors (Lipinski definition) is 3. The van der Waals surface area contributed by atoms with Crippen LogP contribution in [0.3, 0.4) is 0 Å². The lowest BCUT2D eigenvalue weighted by atomic mass is 9.96. The third-order valence-electron chi connectivity index (χ3n) is 3.97. The standard InChI is InChI=1S/C16H23ClN2O3/c1-15(8-5-9-22-15)10-18-14(20)19-11-16(2,21)12-6-3-4-7-13(12)17/h3-4,6-7,21H,5,8-11H2,1-2H3,(H2,18,19,20). The van der Waals surface area contributed by atoms with Crippen LogP contribution >= 0.6 is 11.6 Å². The Balaban J connectivity index is 1.84. The molecular formula is C16H23ClN2O3. The zero-order chi connectivity index (χ0) is 16.2. The van der Waals surface area contributed by atoms with E-state index in [1.54, 1.807) is 31.2 Å². The monoisotopic (exact) mass is 326 g/mol.